The van der Waals surface area contributed by atoms with Crippen LogP contribution in [0.1, 0.15) is 21.8 Å². The molecule has 0 amide bonds. The topological polar surface area (TPSA) is 75.1 Å². The fourth-order valence-corrected chi connectivity index (χ4v) is 2.44. The number of aromatic carboxylic acids is 1. The molecule has 5 nitrogen and oxygen atoms in total. The maximum atomic E-state index is 10.9. The molecule has 0 radical (unpaired) electrons. The van der Waals surface area contributed by atoms with Crippen LogP contribution in [0.25, 0.3) is 0 Å². The van der Waals surface area contributed by atoms with E-state index in [1.54, 1.807) is 11.3 Å². The first-order valence-electron chi connectivity index (χ1n) is 5.69. The minimum atomic E-state index is -1.16. The van der Waals surface area contributed by atoms with Crippen molar-refractivity contribution in [2.24, 2.45) is 0 Å². The Labute approximate surface area is 119 Å². The Morgan fingerprint density at radius 2 is 2.37 bits per heavy atom. The fraction of sp³-hybridized carbons (Fsp3) is 0.250. The van der Waals surface area contributed by atoms with Crippen molar-refractivity contribution >= 4 is 34.9 Å². The lowest BCUT2D eigenvalue weighted by Crippen LogP contribution is -2.10. The highest BCUT2D eigenvalue weighted by Crippen LogP contribution is 2.14. The number of rotatable bonds is 6. The predicted octanol–water partition coefficient (Wildman–Crippen LogP) is 2.93. The third-order valence-electron chi connectivity index (χ3n) is 2.41. The van der Waals surface area contributed by atoms with Crippen molar-refractivity contribution in [2.45, 2.75) is 12.8 Å². The average molecular weight is 298 g/mol. The third-order valence-corrected chi connectivity index (χ3v) is 3.62. The van der Waals surface area contributed by atoms with Crippen molar-refractivity contribution in [1.82, 2.24) is 9.97 Å². The molecule has 100 valence electrons. The molecule has 0 unspecified atom stereocenters. The number of aryl methyl sites for hydroxylation is 1. The van der Waals surface area contributed by atoms with E-state index in [4.69, 9.17) is 16.7 Å². The molecule has 0 saturated heterocycles. The first-order chi connectivity index (χ1) is 9.16. The normalized spacial score (nSPS) is 10.4. The number of aromatic nitrogens is 2. The predicted molar refractivity (Wildman–Crippen MR) is 75.1 cm³/mol. The molecule has 2 rings (SSSR count). The Bertz CT molecular complexity index is 560. The Morgan fingerprint density at radius 3 is 3.05 bits per heavy atom. The number of carboxylic acid groups (broad SMARTS) is 1. The molecule has 0 fully saturated rings. The van der Waals surface area contributed by atoms with Crippen LogP contribution in [0.2, 0.25) is 5.02 Å². The number of anilines is 1. The van der Waals surface area contributed by atoms with Crippen LogP contribution in [0, 0.1) is 0 Å². The molecule has 0 aliphatic heterocycles. The monoisotopic (exact) mass is 297 g/mol. The van der Waals surface area contributed by atoms with Crippen molar-refractivity contribution in [1.29, 1.82) is 0 Å². The first-order valence-corrected chi connectivity index (χ1v) is 6.94. The van der Waals surface area contributed by atoms with E-state index in [0.717, 1.165) is 12.8 Å². The number of thiophene rings is 1. The van der Waals surface area contributed by atoms with E-state index in [1.165, 1.54) is 11.1 Å². The molecule has 0 saturated carbocycles. The Balaban J connectivity index is 1.86. The van der Waals surface area contributed by atoms with Gasteiger partial charge in [0.05, 0.1) is 11.2 Å². The summed E-state index contributed by atoms with van der Waals surface area (Å²) in [5.74, 6) is -0.873. The van der Waals surface area contributed by atoms with Gasteiger partial charge in [0.25, 0.3) is 0 Å². The summed E-state index contributed by atoms with van der Waals surface area (Å²) < 4.78 is 0. The highest BCUT2D eigenvalue weighted by molar-refractivity contribution is 7.09. The summed E-state index contributed by atoms with van der Waals surface area (Å²) in [5.41, 5.74) is -0.183. The van der Waals surface area contributed by atoms with Crippen molar-refractivity contribution in [3.63, 3.8) is 0 Å². The number of hydrogen-bond donors (Lipinski definition) is 2. The number of hydrogen-bond acceptors (Lipinski definition) is 5. The van der Waals surface area contributed by atoms with Gasteiger partial charge in [0.2, 0.25) is 5.95 Å². The summed E-state index contributed by atoms with van der Waals surface area (Å²) in [7, 11) is 0. The summed E-state index contributed by atoms with van der Waals surface area (Å²) >= 11 is 7.41. The molecule has 0 aliphatic carbocycles. The minimum absolute atomic E-state index is 0.0386. The van der Waals surface area contributed by atoms with Crippen molar-refractivity contribution in [3.8, 4) is 0 Å². The Kier molecular flexibility index (Phi) is 4.70. The molecule has 2 heterocycles. The van der Waals surface area contributed by atoms with Crippen molar-refractivity contribution in [2.75, 3.05) is 11.9 Å². The summed E-state index contributed by atoms with van der Waals surface area (Å²) in [6.07, 6.45) is 3.19. The lowest BCUT2D eigenvalue weighted by Gasteiger charge is -2.05. The highest BCUT2D eigenvalue weighted by Gasteiger charge is 2.12. The summed E-state index contributed by atoms with van der Waals surface area (Å²) in [6.45, 7) is 0.679. The second-order valence-electron chi connectivity index (χ2n) is 3.80. The van der Waals surface area contributed by atoms with E-state index >= 15 is 0 Å². The molecule has 7 heteroatoms. The lowest BCUT2D eigenvalue weighted by molar-refractivity contribution is 0.0690. The van der Waals surface area contributed by atoms with Crippen LogP contribution in [-0.2, 0) is 6.42 Å². The fourth-order valence-electron chi connectivity index (χ4n) is 1.52. The van der Waals surface area contributed by atoms with Crippen molar-refractivity contribution < 1.29 is 9.90 Å². The zero-order chi connectivity index (χ0) is 13.7. The molecule has 0 spiro atoms. The molecule has 0 aliphatic rings. The van der Waals surface area contributed by atoms with Crippen LogP contribution in [0.4, 0.5) is 5.95 Å². The van der Waals surface area contributed by atoms with Gasteiger partial charge in [-0.15, -0.1) is 11.3 Å². The van der Waals surface area contributed by atoms with Crippen LogP contribution >= 0.6 is 22.9 Å². The Morgan fingerprint density at radius 1 is 1.53 bits per heavy atom. The Hall–Kier alpha value is -1.66. The van der Waals surface area contributed by atoms with Crippen LogP contribution in [-0.4, -0.2) is 27.6 Å². The quantitative estimate of drug-likeness (QED) is 0.802. The zero-order valence-corrected chi connectivity index (χ0v) is 11.5. The number of carbonyl (C=O) groups is 1. The molecule has 19 heavy (non-hydrogen) atoms. The summed E-state index contributed by atoms with van der Waals surface area (Å²) in [6, 6.07) is 4.11. The van der Waals surface area contributed by atoms with E-state index in [-0.39, 0.29) is 16.7 Å². The average Bonchev–Trinajstić information content (AvgIpc) is 2.89. The number of halogens is 1. The number of nitrogens with zero attached hydrogens (tertiary/aromatic N) is 2. The van der Waals surface area contributed by atoms with Gasteiger partial charge < -0.3 is 10.4 Å². The van der Waals surface area contributed by atoms with E-state index in [9.17, 15) is 4.79 Å². The van der Waals surface area contributed by atoms with Gasteiger partial charge in [-0.05, 0) is 24.3 Å². The summed E-state index contributed by atoms with van der Waals surface area (Å²) in [4.78, 5) is 20.0. The zero-order valence-electron chi connectivity index (χ0n) is 9.97. The van der Waals surface area contributed by atoms with Crippen LogP contribution in [0.15, 0.2) is 23.7 Å². The van der Waals surface area contributed by atoms with Gasteiger partial charge in [-0.25, -0.2) is 14.8 Å². The van der Waals surface area contributed by atoms with Gasteiger partial charge in [0.15, 0.2) is 5.69 Å². The van der Waals surface area contributed by atoms with Gasteiger partial charge in [-0.3, -0.25) is 0 Å². The smallest absolute Gasteiger partial charge is 0.356 e. The van der Waals surface area contributed by atoms with Gasteiger partial charge in [-0.1, -0.05) is 17.7 Å². The molecule has 0 bridgehead atoms. The molecule has 0 atom stereocenters. The molecular formula is C12H12ClN3O2S. The van der Waals surface area contributed by atoms with Crippen molar-refractivity contribution in [3.05, 3.63) is 39.3 Å². The second kappa shape index (κ2) is 6.49. The van der Waals surface area contributed by atoms with E-state index < -0.39 is 5.97 Å². The van der Waals surface area contributed by atoms with Gasteiger partial charge in [-0.2, -0.15) is 0 Å². The molecule has 2 aromatic rings. The van der Waals surface area contributed by atoms with E-state index in [2.05, 4.69) is 21.4 Å². The maximum Gasteiger partial charge on any atom is 0.356 e. The summed E-state index contributed by atoms with van der Waals surface area (Å²) in [5, 5.41) is 14.0. The first kappa shape index (κ1) is 13.8. The molecule has 2 aromatic heterocycles. The van der Waals surface area contributed by atoms with Crippen LogP contribution in [0.3, 0.4) is 0 Å². The maximum absolute atomic E-state index is 10.9. The van der Waals surface area contributed by atoms with E-state index in [0.29, 0.717) is 6.54 Å². The second-order valence-corrected chi connectivity index (χ2v) is 5.24. The molecule has 2 N–H and O–H groups in total. The third kappa shape index (κ3) is 3.90. The van der Waals surface area contributed by atoms with Gasteiger partial charge >= 0.3 is 5.97 Å². The lowest BCUT2D eigenvalue weighted by atomic mass is 10.2. The van der Waals surface area contributed by atoms with Gasteiger partial charge in [0.1, 0.15) is 0 Å². The molecule has 0 aromatic carbocycles. The van der Waals surface area contributed by atoms with Crippen LogP contribution < -0.4 is 5.32 Å². The minimum Gasteiger partial charge on any atom is -0.476 e. The highest BCUT2D eigenvalue weighted by atomic mass is 35.5. The van der Waals surface area contributed by atoms with Gasteiger partial charge in [0, 0.05) is 11.4 Å². The molecular weight excluding hydrogens is 286 g/mol. The number of carboxylic acids is 1. The SMILES string of the molecule is O=C(O)c1nc(NCCCc2cccs2)ncc1Cl. The number of nitrogens with one attached hydrogen (secondary N) is 1. The standard InChI is InChI=1S/C12H12ClN3O2S/c13-9-7-15-12(16-10(9)11(17)18)14-5-1-3-8-4-2-6-19-8/h2,4,6-7H,1,3,5H2,(H,17,18)(H,14,15,16). The largest absolute Gasteiger partial charge is 0.476 e. The van der Waals surface area contributed by atoms with Crippen LogP contribution in [0.5, 0.6) is 0 Å². The van der Waals surface area contributed by atoms with E-state index in [1.807, 2.05) is 11.4 Å².